The Bertz CT molecular complexity index is 1170. The number of carbonyl (C=O) groups excluding carboxylic acids is 1. The highest BCUT2D eigenvalue weighted by molar-refractivity contribution is 6.31. The summed E-state index contributed by atoms with van der Waals surface area (Å²) in [4.78, 5) is 22.6. The van der Waals surface area contributed by atoms with Crippen LogP contribution in [0.1, 0.15) is 32.8 Å². The van der Waals surface area contributed by atoms with E-state index in [9.17, 15) is 4.79 Å². The standard InChI is InChI=1S/C28H29Cl2N3O2/c1-28(2,3)32-18-17-25(26(34)35-19-20-7-5-4-6-8-20)33(24-15-11-22(30)12-16-24)27(32)31-23-13-9-21(29)10-14-23/h4-16,25H,17-19H2,1-3H3. The Hall–Kier alpha value is -3.02. The van der Waals surface area contributed by atoms with E-state index >= 15 is 0 Å². The molecule has 35 heavy (non-hydrogen) atoms. The van der Waals surface area contributed by atoms with Gasteiger partial charge < -0.3 is 9.64 Å². The van der Waals surface area contributed by atoms with Gasteiger partial charge in [0.1, 0.15) is 12.6 Å². The van der Waals surface area contributed by atoms with Gasteiger partial charge in [-0.15, -0.1) is 0 Å². The highest BCUT2D eigenvalue weighted by Crippen LogP contribution is 2.32. The van der Waals surface area contributed by atoms with E-state index in [4.69, 9.17) is 32.9 Å². The van der Waals surface area contributed by atoms with Crippen LogP contribution in [-0.2, 0) is 16.1 Å². The van der Waals surface area contributed by atoms with Crippen LogP contribution in [0.3, 0.4) is 0 Å². The Kier molecular flexibility index (Phi) is 7.68. The summed E-state index contributed by atoms with van der Waals surface area (Å²) >= 11 is 12.3. The highest BCUT2D eigenvalue weighted by Gasteiger charge is 2.41. The number of hydrogen-bond donors (Lipinski definition) is 0. The van der Waals surface area contributed by atoms with Crippen LogP contribution >= 0.6 is 23.2 Å². The Morgan fingerprint density at radius 1 is 0.943 bits per heavy atom. The van der Waals surface area contributed by atoms with Crippen LogP contribution in [0.25, 0.3) is 0 Å². The van der Waals surface area contributed by atoms with Crippen LogP contribution in [0.4, 0.5) is 11.4 Å². The number of rotatable bonds is 5. The number of halogens is 2. The third-order valence-electron chi connectivity index (χ3n) is 5.86. The van der Waals surface area contributed by atoms with E-state index in [0.29, 0.717) is 29.0 Å². The third kappa shape index (κ3) is 6.16. The fraction of sp³-hybridized carbons (Fsp3) is 0.286. The van der Waals surface area contributed by atoms with Gasteiger partial charge in [0.2, 0.25) is 5.96 Å². The van der Waals surface area contributed by atoms with Gasteiger partial charge >= 0.3 is 5.97 Å². The van der Waals surface area contributed by atoms with Gasteiger partial charge in [0.15, 0.2) is 0 Å². The van der Waals surface area contributed by atoms with Crippen molar-refractivity contribution in [3.63, 3.8) is 0 Å². The average molecular weight is 510 g/mol. The topological polar surface area (TPSA) is 45.1 Å². The summed E-state index contributed by atoms with van der Waals surface area (Å²) in [5.74, 6) is 0.385. The SMILES string of the molecule is CC(C)(C)N1CCC(C(=O)OCc2ccccc2)N(c2ccc(Cl)cc2)C1=Nc1ccc(Cl)cc1. The van der Waals surface area contributed by atoms with Gasteiger partial charge in [-0.1, -0.05) is 53.5 Å². The van der Waals surface area contributed by atoms with Crippen LogP contribution < -0.4 is 4.90 Å². The number of nitrogens with zero attached hydrogens (tertiary/aromatic N) is 3. The van der Waals surface area contributed by atoms with Crippen LogP contribution in [0, 0.1) is 0 Å². The normalized spacial score (nSPS) is 17.5. The Balaban J connectivity index is 1.75. The Morgan fingerprint density at radius 3 is 2.14 bits per heavy atom. The van der Waals surface area contributed by atoms with Gasteiger partial charge in [0.25, 0.3) is 0 Å². The number of hydrogen-bond acceptors (Lipinski definition) is 3. The van der Waals surface area contributed by atoms with Gasteiger partial charge in [-0.2, -0.15) is 0 Å². The molecule has 0 aliphatic carbocycles. The van der Waals surface area contributed by atoms with Gasteiger partial charge in [-0.25, -0.2) is 9.79 Å². The molecule has 0 aromatic heterocycles. The molecule has 0 bridgehead atoms. The average Bonchev–Trinajstić information content (AvgIpc) is 2.84. The zero-order chi connectivity index (χ0) is 25.0. The molecule has 5 nitrogen and oxygen atoms in total. The molecule has 1 atom stereocenters. The monoisotopic (exact) mass is 509 g/mol. The Morgan fingerprint density at radius 2 is 1.54 bits per heavy atom. The molecule has 1 aliphatic rings. The largest absolute Gasteiger partial charge is 0.459 e. The second-order valence-corrected chi connectivity index (χ2v) is 10.3. The summed E-state index contributed by atoms with van der Waals surface area (Å²) in [6.45, 7) is 7.29. The molecule has 3 aromatic rings. The lowest BCUT2D eigenvalue weighted by molar-refractivity contribution is -0.147. The molecule has 1 aliphatic heterocycles. The van der Waals surface area contributed by atoms with Gasteiger partial charge in [0.05, 0.1) is 5.69 Å². The molecule has 0 amide bonds. The van der Waals surface area contributed by atoms with Crippen LogP contribution in [0.5, 0.6) is 0 Å². The highest BCUT2D eigenvalue weighted by atomic mass is 35.5. The molecule has 0 saturated carbocycles. The van der Waals surface area contributed by atoms with Crippen molar-refractivity contribution in [1.29, 1.82) is 0 Å². The summed E-state index contributed by atoms with van der Waals surface area (Å²) in [6.07, 6.45) is 0.590. The van der Waals surface area contributed by atoms with Crippen molar-refractivity contribution in [1.82, 2.24) is 4.90 Å². The second kappa shape index (κ2) is 10.7. The summed E-state index contributed by atoms with van der Waals surface area (Å²) in [5, 5.41) is 1.26. The van der Waals surface area contributed by atoms with Crippen molar-refractivity contribution in [2.75, 3.05) is 11.4 Å². The second-order valence-electron chi connectivity index (χ2n) is 9.45. The van der Waals surface area contributed by atoms with Gasteiger partial charge in [-0.3, -0.25) is 4.90 Å². The van der Waals surface area contributed by atoms with Crippen LogP contribution in [-0.4, -0.2) is 35.0 Å². The van der Waals surface area contributed by atoms with Crippen LogP contribution in [0.15, 0.2) is 83.9 Å². The quantitative estimate of drug-likeness (QED) is 0.344. The summed E-state index contributed by atoms with van der Waals surface area (Å²) < 4.78 is 5.78. The molecular weight excluding hydrogens is 481 g/mol. The van der Waals surface area contributed by atoms with Crippen molar-refractivity contribution >= 4 is 46.5 Å². The van der Waals surface area contributed by atoms with Gasteiger partial charge in [0, 0.05) is 27.8 Å². The number of ether oxygens (including phenoxy) is 1. The lowest BCUT2D eigenvalue weighted by Crippen LogP contribution is -2.62. The zero-order valence-corrected chi connectivity index (χ0v) is 21.6. The molecule has 1 fully saturated rings. The van der Waals surface area contributed by atoms with E-state index in [1.165, 1.54) is 0 Å². The van der Waals surface area contributed by atoms with E-state index in [-0.39, 0.29) is 18.1 Å². The molecule has 0 N–H and O–H groups in total. The maximum atomic E-state index is 13.4. The molecule has 1 saturated heterocycles. The maximum Gasteiger partial charge on any atom is 0.329 e. The summed E-state index contributed by atoms with van der Waals surface area (Å²) in [5.41, 5.74) is 2.28. The number of benzene rings is 3. The van der Waals surface area contributed by atoms with Crippen molar-refractivity contribution in [3.8, 4) is 0 Å². The Labute approximate surface area is 216 Å². The molecule has 1 heterocycles. The molecular formula is C28H29Cl2N3O2. The summed E-state index contributed by atoms with van der Waals surface area (Å²) in [7, 11) is 0. The first kappa shape index (κ1) is 25.1. The number of guanidine groups is 1. The molecule has 182 valence electrons. The van der Waals surface area contributed by atoms with E-state index < -0.39 is 6.04 Å². The molecule has 0 spiro atoms. The minimum absolute atomic E-state index is 0.220. The predicted molar refractivity (Wildman–Crippen MR) is 144 cm³/mol. The van der Waals surface area contributed by atoms with Crippen LogP contribution in [0.2, 0.25) is 10.0 Å². The fourth-order valence-corrected chi connectivity index (χ4v) is 4.33. The third-order valence-corrected chi connectivity index (χ3v) is 6.36. The first-order chi connectivity index (χ1) is 16.7. The number of esters is 1. The van der Waals surface area contributed by atoms with Crippen molar-refractivity contribution in [3.05, 3.63) is 94.5 Å². The lowest BCUT2D eigenvalue weighted by Gasteiger charge is -2.48. The first-order valence-electron chi connectivity index (χ1n) is 11.6. The van der Waals surface area contributed by atoms with Crippen molar-refractivity contribution in [2.24, 2.45) is 4.99 Å². The van der Waals surface area contributed by atoms with E-state index in [1.807, 2.05) is 83.8 Å². The maximum absolute atomic E-state index is 13.4. The molecule has 1 unspecified atom stereocenters. The molecule has 7 heteroatoms. The van der Waals surface area contributed by atoms with Gasteiger partial charge in [-0.05, 0) is 81.3 Å². The summed E-state index contributed by atoms with van der Waals surface area (Å²) in [6, 6.07) is 24.0. The number of anilines is 1. The lowest BCUT2D eigenvalue weighted by atomic mass is 10.0. The smallest absolute Gasteiger partial charge is 0.329 e. The number of aliphatic imine (C=N–C) groups is 1. The van der Waals surface area contributed by atoms with E-state index in [0.717, 1.165) is 16.9 Å². The molecule has 0 radical (unpaired) electrons. The molecule has 3 aromatic carbocycles. The fourth-order valence-electron chi connectivity index (χ4n) is 4.08. The van der Waals surface area contributed by atoms with Crippen molar-refractivity contribution < 1.29 is 9.53 Å². The van der Waals surface area contributed by atoms with E-state index in [1.54, 1.807) is 0 Å². The van der Waals surface area contributed by atoms with E-state index in [2.05, 4.69) is 25.7 Å². The minimum Gasteiger partial charge on any atom is -0.459 e. The predicted octanol–water partition coefficient (Wildman–Crippen LogP) is 7.10. The minimum atomic E-state index is -0.537. The first-order valence-corrected chi connectivity index (χ1v) is 12.4. The number of carbonyl (C=O) groups is 1. The van der Waals surface area contributed by atoms with Crippen molar-refractivity contribution in [2.45, 2.75) is 45.4 Å². The molecule has 4 rings (SSSR count). The zero-order valence-electron chi connectivity index (χ0n) is 20.1.